The van der Waals surface area contributed by atoms with E-state index >= 15 is 0 Å². The first kappa shape index (κ1) is 15.3. The minimum Gasteiger partial charge on any atom is -0.377 e. The van der Waals surface area contributed by atoms with Gasteiger partial charge >= 0.3 is 0 Å². The molecule has 0 radical (unpaired) electrons. The zero-order chi connectivity index (χ0) is 14.9. The Morgan fingerprint density at radius 3 is 2.60 bits per heavy atom. The lowest BCUT2D eigenvalue weighted by Crippen LogP contribution is -2.63. The molecule has 2 fully saturated rings. The molecule has 0 aromatic carbocycles. The minimum atomic E-state index is -0.867. The van der Waals surface area contributed by atoms with Crippen LogP contribution in [0.25, 0.3) is 0 Å². The van der Waals surface area contributed by atoms with Crippen molar-refractivity contribution < 1.29 is 14.3 Å². The molecule has 2 unspecified atom stereocenters. The van der Waals surface area contributed by atoms with Gasteiger partial charge in [-0.05, 0) is 39.5 Å². The summed E-state index contributed by atoms with van der Waals surface area (Å²) in [6, 6.07) is -0.533. The number of nitrogens with two attached hydrogens (primary N) is 1. The molecule has 20 heavy (non-hydrogen) atoms. The number of hydrogen-bond donors (Lipinski definition) is 2. The summed E-state index contributed by atoms with van der Waals surface area (Å²) in [4.78, 5) is 26.5. The molecule has 6 nitrogen and oxygen atoms in total. The topological polar surface area (TPSA) is 84.7 Å². The van der Waals surface area contributed by atoms with E-state index < -0.39 is 11.6 Å². The molecule has 6 heteroatoms. The standard InChI is InChI=1S/C14H25N3O3/c1-9(2)16-12(18)11-8-20-7-6-17(11)13(19)14(3,15)10-4-5-10/h9-11H,4-8,15H2,1-3H3,(H,16,18). The molecule has 2 atom stereocenters. The maximum Gasteiger partial charge on any atom is 0.245 e. The number of ether oxygens (including phenoxy) is 1. The summed E-state index contributed by atoms with van der Waals surface area (Å²) in [6.07, 6.45) is 1.98. The van der Waals surface area contributed by atoms with Crippen molar-refractivity contribution in [3.05, 3.63) is 0 Å². The van der Waals surface area contributed by atoms with E-state index in [9.17, 15) is 9.59 Å². The number of nitrogens with zero attached hydrogens (tertiary/aromatic N) is 1. The molecular weight excluding hydrogens is 258 g/mol. The van der Waals surface area contributed by atoms with E-state index in [1.165, 1.54) is 0 Å². The van der Waals surface area contributed by atoms with Gasteiger partial charge in [0.1, 0.15) is 6.04 Å². The van der Waals surface area contributed by atoms with Gasteiger partial charge in [0.2, 0.25) is 11.8 Å². The van der Waals surface area contributed by atoms with Crippen molar-refractivity contribution >= 4 is 11.8 Å². The van der Waals surface area contributed by atoms with E-state index in [1.54, 1.807) is 11.8 Å². The summed E-state index contributed by atoms with van der Waals surface area (Å²) in [6.45, 7) is 6.69. The summed E-state index contributed by atoms with van der Waals surface area (Å²) >= 11 is 0. The summed E-state index contributed by atoms with van der Waals surface area (Å²) in [5.41, 5.74) is 5.33. The predicted molar refractivity (Wildman–Crippen MR) is 74.9 cm³/mol. The van der Waals surface area contributed by atoms with E-state index in [2.05, 4.69) is 5.32 Å². The number of nitrogens with one attached hydrogen (secondary N) is 1. The maximum absolute atomic E-state index is 12.7. The maximum atomic E-state index is 12.7. The third-order valence-electron chi connectivity index (χ3n) is 4.01. The normalized spacial score (nSPS) is 26.2. The van der Waals surface area contributed by atoms with Crippen LogP contribution in [0.5, 0.6) is 0 Å². The fourth-order valence-corrected chi connectivity index (χ4v) is 2.61. The first-order valence-corrected chi connectivity index (χ1v) is 7.32. The molecular formula is C14H25N3O3. The van der Waals surface area contributed by atoms with Gasteiger partial charge in [0.05, 0.1) is 18.8 Å². The number of amides is 2. The molecule has 1 aliphatic heterocycles. The largest absolute Gasteiger partial charge is 0.377 e. The lowest BCUT2D eigenvalue weighted by Gasteiger charge is -2.39. The number of morpholine rings is 1. The van der Waals surface area contributed by atoms with Crippen molar-refractivity contribution in [2.45, 2.75) is 51.2 Å². The van der Waals surface area contributed by atoms with Gasteiger partial charge in [0.25, 0.3) is 0 Å². The highest BCUT2D eigenvalue weighted by Gasteiger charge is 2.48. The van der Waals surface area contributed by atoms with E-state index in [1.807, 2.05) is 13.8 Å². The monoisotopic (exact) mass is 283 g/mol. The van der Waals surface area contributed by atoms with Crippen molar-refractivity contribution in [2.75, 3.05) is 19.8 Å². The molecule has 0 aromatic heterocycles. The first-order valence-electron chi connectivity index (χ1n) is 7.32. The predicted octanol–water partition coefficient (Wildman–Crippen LogP) is -0.134. The SMILES string of the molecule is CC(C)NC(=O)C1COCCN1C(=O)C(C)(N)C1CC1. The first-order chi connectivity index (χ1) is 9.34. The second-order valence-corrected chi connectivity index (χ2v) is 6.31. The smallest absolute Gasteiger partial charge is 0.245 e. The highest BCUT2D eigenvalue weighted by molar-refractivity contribution is 5.92. The van der Waals surface area contributed by atoms with Crippen LogP contribution in [0.15, 0.2) is 0 Å². The van der Waals surface area contributed by atoms with Gasteiger partial charge in [-0.1, -0.05) is 0 Å². The average Bonchev–Trinajstić information content (AvgIpc) is 3.21. The lowest BCUT2D eigenvalue weighted by atomic mass is 9.94. The van der Waals surface area contributed by atoms with Crippen LogP contribution in [0.3, 0.4) is 0 Å². The average molecular weight is 283 g/mol. The number of hydrogen-bond acceptors (Lipinski definition) is 4. The summed E-state index contributed by atoms with van der Waals surface area (Å²) < 4.78 is 5.36. The number of carbonyl (C=O) groups excluding carboxylic acids is 2. The Morgan fingerprint density at radius 2 is 2.05 bits per heavy atom. The van der Waals surface area contributed by atoms with Crippen LogP contribution < -0.4 is 11.1 Å². The van der Waals surface area contributed by atoms with Crippen molar-refractivity contribution in [3.63, 3.8) is 0 Å². The highest BCUT2D eigenvalue weighted by atomic mass is 16.5. The van der Waals surface area contributed by atoms with Crippen molar-refractivity contribution in [2.24, 2.45) is 11.7 Å². The zero-order valence-electron chi connectivity index (χ0n) is 12.5. The number of rotatable bonds is 4. The zero-order valence-corrected chi connectivity index (χ0v) is 12.5. The Balaban J connectivity index is 2.10. The van der Waals surface area contributed by atoms with Gasteiger partial charge in [-0.3, -0.25) is 9.59 Å². The number of carbonyl (C=O) groups is 2. The van der Waals surface area contributed by atoms with Crippen molar-refractivity contribution in [1.82, 2.24) is 10.2 Å². The van der Waals surface area contributed by atoms with E-state index in [-0.39, 0.29) is 30.4 Å². The Morgan fingerprint density at radius 1 is 1.40 bits per heavy atom. The van der Waals surface area contributed by atoms with Crippen molar-refractivity contribution in [1.29, 1.82) is 0 Å². The summed E-state index contributed by atoms with van der Waals surface area (Å²) in [5.74, 6) is -0.0569. The Bertz CT molecular complexity index is 391. The molecule has 0 bridgehead atoms. The molecule has 3 N–H and O–H groups in total. The third kappa shape index (κ3) is 3.12. The molecule has 1 saturated heterocycles. The van der Waals surface area contributed by atoms with Gasteiger partial charge in [0.15, 0.2) is 0 Å². The molecule has 0 aromatic rings. The van der Waals surface area contributed by atoms with Gasteiger partial charge in [-0.15, -0.1) is 0 Å². The van der Waals surface area contributed by atoms with Crippen LogP contribution in [-0.4, -0.2) is 54.1 Å². The van der Waals surface area contributed by atoms with Gasteiger partial charge in [0, 0.05) is 12.6 Å². The summed E-state index contributed by atoms with van der Waals surface area (Å²) in [5, 5.41) is 2.84. The Hall–Kier alpha value is -1.14. The van der Waals surface area contributed by atoms with Crippen LogP contribution in [0.2, 0.25) is 0 Å². The van der Waals surface area contributed by atoms with E-state index in [4.69, 9.17) is 10.5 Å². The van der Waals surface area contributed by atoms with Gasteiger partial charge in [-0.25, -0.2) is 0 Å². The van der Waals surface area contributed by atoms with E-state index in [0.29, 0.717) is 13.2 Å². The highest BCUT2D eigenvalue weighted by Crippen LogP contribution is 2.39. The van der Waals surface area contributed by atoms with Gasteiger partial charge in [-0.2, -0.15) is 0 Å². The summed E-state index contributed by atoms with van der Waals surface area (Å²) in [7, 11) is 0. The van der Waals surface area contributed by atoms with Crippen LogP contribution in [0.4, 0.5) is 0 Å². The Kier molecular flexibility index (Phi) is 4.34. The van der Waals surface area contributed by atoms with E-state index in [0.717, 1.165) is 12.8 Å². The third-order valence-corrected chi connectivity index (χ3v) is 4.01. The van der Waals surface area contributed by atoms with Crippen LogP contribution in [-0.2, 0) is 14.3 Å². The second kappa shape index (κ2) is 5.69. The molecule has 1 saturated carbocycles. The lowest BCUT2D eigenvalue weighted by molar-refractivity contribution is -0.153. The molecule has 1 aliphatic carbocycles. The van der Waals surface area contributed by atoms with Crippen LogP contribution in [0, 0.1) is 5.92 Å². The molecule has 2 aliphatic rings. The molecule has 2 rings (SSSR count). The second-order valence-electron chi connectivity index (χ2n) is 6.31. The molecule has 0 spiro atoms. The quantitative estimate of drug-likeness (QED) is 0.752. The molecule has 114 valence electrons. The van der Waals surface area contributed by atoms with Gasteiger partial charge < -0.3 is 20.7 Å². The molecule has 2 amide bonds. The van der Waals surface area contributed by atoms with Crippen LogP contribution in [0.1, 0.15) is 33.6 Å². The Labute approximate surface area is 120 Å². The fourth-order valence-electron chi connectivity index (χ4n) is 2.61. The minimum absolute atomic E-state index is 0.0362. The van der Waals surface area contributed by atoms with Crippen LogP contribution >= 0.6 is 0 Å². The van der Waals surface area contributed by atoms with Crippen molar-refractivity contribution in [3.8, 4) is 0 Å². The fraction of sp³-hybridized carbons (Fsp3) is 0.857. The molecule has 1 heterocycles.